The molecule has 0 atom stereocenters. The summed E-state index contributed by atoms with van der Waals surface area (Å²) >= 11 is 0. The molecule has 108 valence electrons. The van der Waals surface area contributed by atoms with Gasteiger partial charge in [0.1, 0.15) is 0 Å². The van der Waals surface area contributed by atoms with Gasteiger partial charge in [-0.25, -0.2) is 0 Å². The van der Waals surface area contributed by atoms with Crippen molar-refractivity contribution in [2.75, 3.05) is 18.6 Å². The molecule has 0 spiro atoms. The van der Waals surface area contributed by atoms with Crippen LogP contribution in [0.1, 0.15) is 43.1 Å². The van der Waals surface area contributed by atoms with Gasteiger partial charge in [0.15, 0.2) is 0 Å². The highest BCUT2D eigenvalue weighted by Crippen LogP contribution is 2.31. The summed E-state index contributed by atoms with van der Waals surface area (Å²) in [6.07, 6.45) is 1.53. The van der Waals surface area contributed by atoms with Crippen LogP contribution in [0.2, 0.25) is 0 Å². The van der Waals surface area contributed by atoms with Crippen molar-refractivity contribution in [3.8, 4) is 0 Å². The SMILES string of the molecule is CCc1ccc2c(c1)C(=O)C(=O)N2CCC(C)(C)OC. The molecule has 1 aliphatic rings. The molecule has 20 heavy (non-hydrogen) atoms. The van der Waals surface area contributed by atoms with E-state index in [0.717, 1.165) is 17.7 Å². The molecule has 1 amide bonds. The number of ether oxygens (including phenoxy) is 1. The first-order chi connectivity index (χ1) is 9.39. The number of anilines is 1. The van der Waals surface area contributed by atoms with Crippen LogP contribution in [0.3, 0.4) is 0 Å². The van der Waals surface area contributed by atoms with Gasteiger partial charge in [-0.1, -0.05) is 13.0 Å². The second-order valence-electron chi connectivity index (χ2n) is 5.70. The second-order valence-corrected chi connectivity index (χ2v) is 5.70. The van der Waals surface area contributed by atoms with Crippen LogP contribution < -0.4 is 4.90 Å². The van der Waals surface area contributed by atoms with Gasteiger partial charge < -0.3 is 9.64 Å². The molecule has 0 fully saturated rings. The topological polar surface area (TPSA) is 46.6 Å². The first-order valence-electron chi connectivity index (χ1n) is 6.94. The first kappa shape index (κ1) is 14.7. The Kier molecular flexibility index (Phi) is 3.95. The lowest BCUT2D eigenvalue weighted by molar-refractivity contribution is -0.114. The van der Waals surface area contributed by atoms with E-state index in [0.29, 0.717) is 18.5 Å². The van der Waals surface area contributed by atoms with E-state index in [1.165, 1.54) is 0 Å². The van der Waals surface area contributed by atoms with E-state index in [1.54, 1.807) is 12.0 Å². The quantitative estimate of drug-likeness (QED) is 0.776. The zero-order valence-electron chi connectivity index (χ0n) is 12.5. The van der Waals surface area contributed by atoms with E-state index in [2.05, 4.69) is 0 Å². The van der Waals surface area contributed by atoms with E-state index < -0.39 is 11.7 Å². The third-order valence-corrected chi connectivity index (χ3v) is 3.93. The van der Waals surface area contributed by atoms with E-state index >= 15 is 0 Å². The second kappa shape index (κ2) is 5.37. The lowest BCUT2D eigenvalue weighted by Crippen LogP contribution is -2.35. The average molecular weight is 275 g/mol. The highest BCUT2D eigenvalue weighted by molar-refractivity contribution is 6.52. The number of methoxy groups -OCH3 is 1. The molecule has 4 nitrogen and oxygen atoms in total. The predicted octanol–water partition coefficient (Wildman–Crippen LogP) is 2.59. The molecule has 0 radical (unpaired) electrons. The first-order valence-corrected chi connectivity index (χ1v) is 6.94. The molecule has 0 saturated heterocycles. The molecule has 4 heteroatoms. The molecule has 1 heterocycles. The van der Waals surface area contributed by atoms with Crippen LogP contribution in [-0.4, -0.2) is 30.9 Å². The summed E-state index contributed by atoms with van der Waals surface area (Å²) in [6, 6.07) is 5.67. The Labute approximate surface area is 119 Å². The number of hydrogen-bond acceptors (Lipinski definition) is 3. The summed E-state index contributed by atoms with van der Waals surface area (Å²) in [7, 11) is 1.65. The van der Waals surface area contributed by atoms with Crippen LogP contribution in [0.4, 0.5) is 5.69 Å². The molecule has 0 saturated carbocycles. The Bertz CT molecular complexity index is 549. The average Bonchev–Trinajstić information content (AvgIpc) is 2.68. The normalized spacial score (nSPS) is 14.9. The molecule has 0 N–H and O–H groups in total. The van der Waals surface area contributed by atoms with Crippen molar-refractivity contribution in [1.82, 2.24) is 0 Å². The minimum atomic E-state index is -0.430. The lowest BCUT2D eigenvalue weighted by atomic mass is 10.0. The number of amides is 1. The summed E-state index contributed by atoms with van der Waals surface area (Å²) in [5.74, 6) is -0.828. The number of benzene rings is 1. The number of aryl methyl sites for hydroxylation is 1. The molecule has 2 rings (SSSR count). The maximum Gasteiger partial charge on any atom is 0.299 e. The fourth-order valence-electron chi connectivity index (χ4n) is 2.27. The molecule has 0 unspecified atom stereocenters. The van der Waals surface area contributed by atoms with Gasteiger partial charge in [-0.05, 0) is 44.4 Å². The van der Waals surface area contributed by atoms with Gasteiger partial charge >= 0.3 is 0 Å². The van der Waals surface area contributed by atoms with E-state index in [9.17, 15) is 9.59 Å². The molecular weight excluding hydrogens is 254 g/mol. The van der Waals surface area contributed by atoms with Gasteiger partial charge in [-0.3, -0.25) is 9.59 Å². The van der Waals surface area contributed by atoms with Gasteiger partial charge in [0.25, 0.3) is 11.7 Å². The molecule has 1 aliphatic heterocycles. The number of ketones is 1. The molecule has 0 aromatic heterocycles. The van der Waals surface area contributed by atoms with Crippen LogP contribution in [0.5, 0.6) is 0 Å². The Hall–Kier alpha value is -1.68. The van der Waals surface area contributed by atoms with Crippen molar-refractivity contribution >= 4 is 17.4 Å². The van der Waals surface area contributed by atoms with E-state index in [1.807, 2.05) is 39.0 Å². The van der Waals surface area contributed by atoms with Gasteiger partial charge in [-0.2, -0.15) is 0 Å². The van der Waals surface area contributed by atoms with Crippen LogP contribution in [0, 0.1) is 0 Å². The number of carbonyl (C=O) groups excluding carboxylic acids is 2. The summed E-state index contributed by atoms with van der Waals surface area (Å²) in [5, 5.41) is 0. The molecule has 0 bridgehead atoms. The number of hydrogen-bond donors (Lipinski definition) is 0. The largest absolute Gasteiger partial charge is 0.379 e. The number of carbonyl (C=O) groups is 2. The predicted molar refractivity (Wildman–Crippen MR) is 78.2 cm³/mol. The fraction of sp³-hybridized carbons (Fsp3) is 0.500. The van der Waals surface area contributed by atoms with Crippen molar-refractivity contribution in [1.29, 1.82) is 0 Å². The lowest BCUT2D eigenvalue weighted by Gasteiger charge is -2.26. The van der Waals surface area contributed by atoms with Crippen LogP contribution >= 0.6 is 0 Å². The summed E-state index contributed by atoms with van der Waals surface area (Å²) < 4.78 is 5.36. The van der Waals surface area contributed by atoms with Crippen LogP contribution in [0.25, 0.3) is 0 Å². The van der Waals surface area contributed by atoms with Crippen LogP contribution in [0.15, 0.2) is 18.2 Å². The third-order valence-electron chi connectivity index (χ3n) is 3.93. The Morgan fingerprint density at radius 1 is 1.25 bits per heavy atom. The molecule has 1 aromatic rings. The minimum Gasteiger partial charge on any atom is -0.379 e. The number of fused-ring (bicyclic) bond motifs is 1. The maximum absolute atomic E-state index is 12.1. The highest BCUT2D eigenvalue weighted by atomic mass is 16.5. The number of Topliss-reactive ketones (excluding diaryl/α,β-unsaturated/α-hetero) is 1. The van der Waals surface area contributed by atoms with Gasteiger partial charge in [0.2, 0.25) is 0 Å². The maximum atomic E-state index is 12.1. The molecule has 0 aliphatic carbocycles. The van der Waals surface area contributed by atoms with E-state index in [4.69, 9.17) is 4.74 Å². The fourth-order valence-corrected chi connectivity index (χ4v) is 2.27. The van der Waals surface area contributed by atoms with Crippen molar-refractivity contribution in [2.24, 2.45) is 0 Å². The Morgan fingerprint density at radius 3 is 2.55 bits per heavy atom. The zero-order chi connectivity index (χ0) is 14.9. The summed E-state index contributed by atoms with van der Waals surface area (Å²) in [4.78, 5) is 25.7. The smallest absolute Gasteiger partial charge is 0.299 e. The number of nitrogens with zero attached hydrogens (tertiary/aromatic N) is 1. The summed E-state index contributed by atoms with van der Waals surface area (Å²) in [5.41, 5.74) is 2.02. The van der Waals surface area contributed by atoms with Crippen molar-refractivity contribution in [3.05, 3.63) is 29.3 Å². The standard InChI is InChI=1S/C16H21NO3/c1-5-11-6-7-13-12(10-11)14(18)15(19)17(13)9-8-16(2,3)20-4/h6-7,10H,5,8-9H2,1-4H3. The van der Waals surface area contributed by atoms with Crippen LogP contribution in [-0.2, 0) is 16.0 Å². The number of rotatable bonds is 5. The molecule has 1 aromatic carbocycles. The van der Waals surface area contributed by atoms with Gasteiger partial charge in [0, 0.05) is 13.7 Å². The van der Waals surface area contributed by atoms with Gasteiger partial charge in [0.05, 0.1) is 16.9 Å². The zero-order valence-corrected chi connectivity index (χ0v) is 12.5. The van der Waals surface area contributed by atoms with Crippen molar-refractivity contribution in [3.63, 3.8) is 0 Å². The molecular formula is C16H21NO3. The highest BCUT2D eigenvalue weighted by Gasteiger charge is 2.36. The monoisotopic (exact) mass is 275 g/mol. The Balaban J connectivity index is 2.25. The van der Waals surface area contributed by atoms with Crippen molar-refractivity contribution in [2.45, 2.75) is 39.2 Å². The third kappa shape index (κ3) is 2.61. The van der Waals surface area contributed by atoms with Crippen molar-refractivity contribution < 1.29 is 14.3 Å². The minimum absolute atomic E-state index is 0.310. The Morgan fingerprint density at radius 2 is 1.95 bits per heavy atom. The van der Waals surface area contributed by atoms with Gasteiger partial charge in [-0.15, -0.1) is 0 Å². The summed E-state index contributed by atoms with van der Waals surface area (Å²) in [6.45, 7) is 6.46. The van der Waals surface area contributed by atoms with E-state index in [-0.39, 0.29) is 5.60 Å².